The Bertz CT molecular complexity index is 273. The van der Waals surface area contributed by atoms with Crippen LogP contribution in [-0.4, -0.2) is 46.4 Å². The molecule has 4 nitrogen and oxygen atoms in total. The molecule has 1 saturated heterocycles. The second-order valence-corrected chi connectivity index (χ2v) is 6.61. The topological polar surface area (TPSA) is 49.6 Å². The third-order valence-electron chi connectivity index (χ3n) is 4.25. The van der Waals surface area contributed by atoms with Gasteiger partial charge in [-0.25, -0.2) is 5.01 Å². The highest BCUT2D eigenvalue weighted by Gasteiger charge is 2.36. The van der Waals surface area contributed by atoms with Gasteiger partial charge < -0.3 is 4.90 Å². The van der Waals surface area contributed by atoms with Crippen LogP contribution in [0, 0.1) is 11.8 Å². The largest absolute Gasteiger partial charge is 0.303 e. The van der Waals surface area contributed by atoms with Crippen LogP contribution in [0.3, 0.4) is 0 Å². The van der Waals surface area contributed by atoms with Gasteiger partial charge in [-0.15, -0.1) is 0 Å². The number of carbonyl (C=O) groups excluding carboxylic acids is 1. The third-order valence-corrected chi connectivity index (χ3v) is 5.13. The molecule has 2 aliphatic rings. The van der Waals surface area contributed by atoms with E-state index in [0.29, 0.717) is 15.7 Å². The molecule has 0 unspecified atom stereocenters. The van der Waals surface area contributed by atoms with Crippen LogP contribution < -0.4 is 5.84 Å². The summed E-state index contributed by atoms with van der Waals surface area (Å²) in [4.78, 5) is 13.6. The Morgan fingerprint density at radius 3 is 2.53 bits per heavy atom. The van der Waals surface area contributed by atoms with Crippen molar-refractivity contribution in [3.8, 4) is 0 Å². The second kappa shape index (κ2) is 5.95. The summed E-state index contributed by atoms with van der Waals surface area (Å²) in [6, 6.07) is 0.634. The number of piperidine rings is 1. The molecule has 2 rings (SSSR count). The first-order valence-corrected chi connectivity index (χ1v) is 7.53. The first kappa shape index (κ1) is 13.7. The van der Waals surface area contributed by atoms with Gasteiger partial charge in [-0.05, 0) is 61.2 Å². The van der Waals surface area contributed by atoms with Crippen molar-refractivity contribution < 1.29 is 4.79 Å². The average molecular weight is 351 g/mol. The molecule has 17 heavy (non-hydrogen) atoms. The van der Waals surface area contributed by atoms with E-state index < -0.39 is 0 Å². The highest BCUT2D eigenvalue weighted by molar-refractivity contribution is 14.1. The molecule has 1 aliphatic heterocycles. The Morgan fingerprint density at radius 1 is 1.41 bits per heavy atom. The first-order chi connectivity index (χ1) is 8.06. The van der Waals surface area contributed by atoms with Gasteiger partial charge >= 0.3 is 0 Å². The lowest BCUT2D eigenvalue weighted by Crippen LogP contribution is -2.48. The Labute approximate surface area is 117 Å². The van der Waals surface area contributed by atoms with Gasteiger partial charge in [0, 0.05) is 31.6 Å². The number of nitrogens with two attached hydrogens (primary N) is 1. The summed E-state index contributed by atoms with van der Waals surface area (Å²) in [7, 11) is 2.20. The maximum absolute atomic E-state index is 11.2. The summed E-state index contributed by atoms with van der Waals surface area (Å²) < 4.78 is 0.337. The summed E-state index contributed by atoms with van der Waals surface area (Å²) in [6.07, 6.45) is 4.55. The van der Waals surface area contributed by atoms with Crippen molar-refractivity contribution in [3.05, 3.63) is 0 Å². The smallest absolute Gasteiger partial charge is 0.195 e. The van der Waals surface area contributed by atoms with Crippen molar-refractivity contribution >= 4 is 26.4 Å². The van der Waals surface area contributed by atoms with Crippen molar-refractivity contribution in [2.24, 2.45) is 17.7 Å². The predicted octanol–water partition coefficient (Wildman–Crippen LogP) is 1.24. The van der Waals surface area contributed by atoms with Gasteiger partial charge in [0.25, 0.3) is 0 Å². The van der Waals surface area contributed by atoms with E-state index in [9.17, 15) is 4.79 Å². The lowest BCUT2D eigenvalue weighted by molar-refractivity contribution is -0.116. The van der Waals surface area contributed by atoms with Crippen LogP contribution in [0.2, 0.25) is 0 Å². The van der Waals surface area contributed by atoms with Crippen LogP contribution in [0.15, 0.2) is 0 Å². The number of hydrazine groups is 1. The van der Waals surface area contributed by atoms with E-state index in [1.807, 2.05) is 27.6 Å². The van der Waals surface area contributed by atoms with Crippen molar-refractivity contribution in [1.29, 1.82) is 0 Å². The van der Waals surface area contributed by atoms with Gasteiger partial charge in [-0.2, -0.15) is 0 Å². The van der Waals surface area contributed by atoms with Crippen LogP contribution in [0.4, 0.5) is 0 Å². The average Bonchev–Trinajstić information content (AvgIpc) is 2.18. The Kier molecular flexibility index (Phi) is 4.80. The van der Waals surface area contributed by atoms with Gasteiger partial charge in [-0.1, -0.05) is 0 Å². The zero-order valence-corrected chi connectivity index (χ0v) is 12.6. The van der Waals surface area contributed by atoms with Gasteiger partial charge in [0.15, 0.2) is 3.79 Å². The van der Waals surface area contributed by atoms with Gasteiger partial charge in [0.05, 0.1) is 0 Å². The highest BCUT2D eigenvalue weighted by Crippen LogP contribution is 2.34. The monoisotopic (exact) mass is 351 g/mol. The highest BCUT2D eigenvalue weighted by atomic mass is 127. The number of hydrogen-bond donors (Lipinski definition) is 1. The zero-order chi connectivity index (χ0) is 12.4. The molecule has 1 saturated carbocycles. The van der Waals surface area contributed by atoms with Crippen LogP contribution in [-0.2, 0) is 4.79 Å². The molecule has 1 heterocycles. The first-order valence-electron chi connectivity index (χ1n) is 6.45. The lowest BCUT2D eigenvalue weighted by Gasteiger charge is -2.42. The molecule has 2 N–H and O–H groups in total. The number of rotatable bonds is 4. The number of halogens is 1. The SMILES string of the molecule is CN(CC1CCN(N)CC1)C1CC(C(=O)I)C1. The van der Waals surface area contributed by atoms with E-state index in [-0.39, 0.29) is 0 Å². The standard InChI is InChI=1S/C12H22IN3O/c1-15(11-6-10(7-11)12(13)17)8-9-2-4-16(14)5-3-9/h9-11H,2-8,14H2,1H3. The fourth-order valence-corrected chi connectivity index (χ4v) is 3.33. The van der Waals surface area contributed by atoms with E-state index in [0.717, 1.165) is 31.8 Å². The van der Waals surface area contributed by atoms with Crippen molar-refractivity contribution in [2.45, 2.75) is 31.7 Å². The van der Waals surface area contributed by atoms with Gasteiger partial charge in [0.2, 0.25) is 0 Å². The molecular formula is C12H22IN3O. The molecule has 0 spiro atoms. The fraction of sp³-hybridized carbons (Fsp3) is 0.917. The molecule has 5 heteroatoms. The molecule has 0 radical (unpaired) electrons. The van der Waals surface area contributed by atoms with Gasteiger partial charge in [-0.3, -0.25) is 10.6 Å². The molecule has 2 fully saturated rings. The Hall–Kier alpha value is 0.280. The van der Waals surface area contributed by atoms with Crippen LogP contribution in [0.25, 0.3) is 0 Å². The third kappa shape index (κ3) is 3.62. The van der Waals surface area contributed by atoms with E-state index in [4.69, 9.17) is 5.84 Å². The Balaban J connectivity index is 1.68. The van der Waals surface area contributed by atoms with Gasteiger partial charge in [0.1, 0.15) is 0 Å². The zero-order valence-electron chi connectivity index (χ0n) is 10.4. The van der Waals surface area contributed by atoms with Crippen LogP contribution in [0.1, 0.15) is 25.7 Å². The fourth-order valence-electron chi connectivity index (χ4n) is 2.82. The minimum absolute atomic E-state index is 0.328. The molecule has 0 aromatic heterocycles. The minimum atomic E-state index is 0.328. The summed E-state index contributed by atoms with van der Waals surface area (Å²) in [6.45, 7) is 3.22. The van der Waals surface area contributed by atoms with Crippen LogP contribution in [0.5, 0.6) is 0 Å². The molecule has 0 aromatic carbocycles. The second-order valence-electron chi connectivity index (χ2n) is 5.55. The van der Waals surface area contributed by atoms with Crippen LogP contribution >= 0.6 is 22.6 Å². The minimum Gasteiger partial charge on any atom is -0.303 e. The van der Waals surface area contributed by atoms with Crippen molar-refractivity contribution in [3.63, 3.8) is 0 Å². The summed E-state index contributed by atoms with van der Waals surface area (Å²) in [5, 5.41) is 1.92. The summed E-state index contributed by atoms with van der Waals surface area (Å²) in [5.74, 6) is 6.87. The number of carbonyl (C=O) groups is 1. The summed E-state index contributed by atoms with van der Waals surface area (Å²) in [5.41, 5.74) is 0. The number of hydrogen-bond acceptors (Lipinski definition) is 4. The van der Waals surface area contributed by atoms with E-state index in [2.05, 4.69) is 11.9 Å². The molecule has 98 valence electrons. The maximum Gasteiger partial charge on any atom is 0.195 e. The lowest BCUT2D eigenvalue weighted by atomic mass is 9.80. The van der Waals surface area contributed by atoms with E-state index >= 15 is 0 Å². The molecule has 0 atom stereocenters. The van der Waals surface area contributed by atoms with Crippen molar-refractivity contribution in [2.75, 3.05) is 26.7 Å². The molecule has 0 amide bonds. The molecule has 1 aliphatic carbocycles. The summed E-state index contributed by atoms with van der Waals surface area (Å²) >= 11 is 1.93. The normalized spacial score (nSPS) is 31.5. The Morgan fingerprint density at radius 2 is 2.00 bits per heavy atom. The number of nitrogens with zero attached hydrogens (tertiary/aromatic N) is 2. The predicted molar refractivity (Wildman–Crippen MR) is 76.7 cm³/mol. The quantitative estimate of drug-likeness (QED) is 0.471. The van der Waals surface area contributed by atoms with Crippen molar-refractivity contribution in [1.82, 2.24) is 9.91 Å². The molecule has 0 bridgehead atoms. The molecular weight excluding hydrogens is 329 g/mol. The molecule has 0 aromatic rings. The van der Waals surface area contributed by atoms with E-state index in [1.54, 1.807) is 0 Å². The van der Waals surface area contributed by atoms with E-state index in [1.165, 1.54) is 19.4 Å². The maximum atomic E-state index is 11.2.